The number of benzene rings is 1. The normalized spacial score (nSPS) is 19.7. The highest BCUT2D eigenvalue weighted by Crippen LogP contribution is 2.33. The summed E-state index contributed by atoms with van der Waals surface area (Å²) in [6, 6.07) is 9.86. The summed E-state index contributed by atoms with van der Waals surface area (Å²) in [5.74, 6) is -0.276. The minimum atomic E-state index is -0.305. The molecule has 0 radical (unpaired) electrons. The van der Waals surface area contributed by atoms with Crippen LogP contribution in [0.1, 0.15) is 17.8 Å². The molecule has 2 amide bonds. The molecule has 3 aromatic rings. The summed E-state index contributed by atoms with van der Waals surface area (Å²) in [5.41, 5.74) is 2.91. The number of thiazole rings is 1. The molecule has 1 fully saturated rings. The van der Waals surface area contributed by atoms with Crippen LogP contribution in [-0.2, 0) is 22.7 Å². The highest BCUT2D eigenvalue weighted by atomic mass is 32.1. The Morgan fingerprint density at radius 3 is 2.96 bits per heavy atom. The summed E-state index contributed by atoms with van der Waals surface area (Å²) >= 11 is 1.50. The number of nitrogens with zero attached hydrogens (tertiary/aromatic N) is 5. The summed E-state index contributed by atoms with van der Waals surface area (Å²) in [4.78, 5) is 33.7. The number of aromatic nitrogens is 3. The van der Waals surface area contributed by atoms with Crippen molar-refractivity contribution in [2.45, 2.75) is 26.4 Å². The number of hydrogen-bond acceptors (Lipinski definition) is 5. The van der Waals surface area contributed by atoms with Gasteiger partial charge in [0.05, 0.1) is 40.6 Å². The highest BCUT2D eigenvalue weighted by molar-refractivity contribution is 7.22. The first-order valence-electron chi connectivity index (χ1n) is 9.06. The van der Waals surface area contributed by atoms with E-state index in [2.05, 4.69) is 10.1 Å². The molecule has 2 aliphatic heterocycles. The Hall–Kier alpha value is -2.74. The average molecular weight is 381 g/mol. The predicted octanol–water partition coefficient (Wildman–Crippen LogP) is 2.20. The van der Waals surface area contributed by atoms with Crippen LogP contribution < -0.4 is 4.90 Å². The second-order valence-electron chi connectivity index (χ2n) is 7.13. The van der Waals surface area contributed by atoms with Crippen molar-refractivity contribution in [3.8, 4) is 0 Å². The van der Waals surface area contributed by atoms with Crippen molar-refractivity contribution in [3.05, 3.63) is 41.7 Å². The van der Waals surface area contributed by atoms with E-state index in [9.17, 15) is 9.59 Å². The molecule has 0 bridgehead atoms. The lowest BCUT2D eigenvalue weighted by atomic mass is 10.1. The Balaban J connectivity index is 1.33. The van der Waals surface area contributed by atoms with Crippen molar-refractivity contribution < 1.29 is 9.59 Å². The van der Waals surface area contributed by atoms with Crippen LogP contribution >= 0.6 is 11.3 Å². The Kier molecular flexibility index (Phi) is 3.75. The second kappa shape index (κ2) is 6.16. The number of carbonyl (C=O) groups is 2. The molecule has 5 rings (SSSR count). The largest absolute Gasteiger partial charge is 0.335 e. The molecular formula is C19H19N5O2S. The molecule has 138 valence electrons. The third kappa shape index (κ3) is 2.80. The van der Waals surface area contributed by atoms with Gasteiger partial charge in [-0.2, -0.15) is 5.10 Å². The van der Waals surface area contributed by atoms with E-state index in [1.165, 1.54) is 11.3 Å². The van der Waals surface area contributed by atoms with Gasteiger partial charge in [-0.05, 0) is 25.1 Å². The number of rotatable bonds is 2. The van der Waals surface area contributed by atoms with Crippen LogP contribution in [0, 0.1) is 12.8 Å². The third-order valence-corrected chi connectivity index (χ3v) is 6.28. The molecule has 2 aliphatic rings. The Bertz CT molecular complexity index is 1020. The van der Waals surface area contributed by atoms with Crippen molar-refractivity contribution in [2.24, 2.45) is 5.92 Å². The fourth-order valence-electron chi connectivity index (χ4n) is 3.89. The number of hydrogen-bond donors (Lipinski definition) is 0. The van der Waals surface area contributed by atoms with Crippen molar-refractivity contribution in [3.63, 3.8) is 0 Å². The number of amides is 2. The summed E-state index contributed by atoms with van der Waals surface area (Å²) in [6.45, 7) is 4.27. The molecule has 0 N–H and O–H groups in total. The summed E-state index contributed by atoms with van der Waals surface area (Å²) in [5, 5.41) is 5.12. The van der Waals surface area contributed by atoms with Crippen molar-refractivity contribution >= 4 is 38.5 Å². The fourth-order valence-corrected chi connectivity index (χ4v) is 4.88. The molecule has 0 saturated carbocycles. The topological polar surface area (TPSA) is 71.3 Å². The molecule has 2 aromatic heterocycles. The Morgan fingerprint density at radius 1 is 1.26 bits per heavy atom. The molecule has 0 spiro atoms. The molecule has 1 atom stereocenters. The van der Waals surface area contributed by atoms with Crippen LogP contribution in [0.2, 0.25) is 0 Å². The van der Waals surface area contributed by atoms with Gasteiger partial charge in [0.25, 0.3) is 0 Å². The van der Waals surface area contributed by atoms with Gasteiger partial charge >= 0.3 is 0 Å². The first-order chi connectivity index (χ1) is 13.1. The van der Waals surface area contributed by atoms with E-state index in [-0.39, 0.29) is 24.2 Å². The molecular weight excluding hydrogens is 362 g/mol. The van der Waals surface area contributed by atoms with E-state index in [0.717, 1.165) is 21.6 Å². The predicted molar refractivity (Wildman–Crippen MR) is 102 cm³/mol. The zero-order valence-corrected chi connectivity index (χ0v) is 15.8. The minimum Gasteiger partial charge on any atom is -0.335 e. The molecule has 7 nitrogen and oxygen atoms in total. The van der Waals surface area contributed by atoms with Crippen LogP contribution in [0.3, 0.4) is 0 Å². The molecule has 0 aliphatic carbocycles. The van der Waals surface area contributed by atoms with Crippen LogP contribution in [0.15, 0.2) is 30.3 Å². The van der Waals surface area contributed by atoms with Crippen molar-refractivity contribution in [2.75, 3.05) is 18.0 Å². The summed E-state index contributed by atoms with van der Waals surface area (Å²) in [7, 11) is 0. The van der Waals surface area contributed by atoms with E-state index in [1.54, 1.807) is 4.90 Å². The Morgan fingerprint density at radius 2 is 2.11 bits per heavy atom. The van der Waals surface area contributed by atoms with Crippen LogP contribution in [0.5, 0.6) is 0 Å². The molecule has 27 heavy (non-hydrogen) atoms. The average Bonchev–Trinajstić information content (AvgIpc) is 3.35. The van der Waals surface area contributed by atoms with Crippen molar-refractivity contribution in [1.29, 1.82) is 0 Å². The second-order valence-corrected chi connectivity index (χ2v) is 8.14. The van der Waals surface area contributed by atoms with Gasteiger partial charge in [0.2, 0.25) is 11.8 Å². The van der Waals surface area contributed by atoms with Gasteiger partial charge in [-0.25, -0.2) is 4.98 Å². The third-order valence-electron chi connectivity index (χ3n) is 5.22. The van der Waals surface area contributed by atoms with Crippen LogP contribution in [0.4, 0.5) is 5.13 Å². The van der Waals surface area contributed by atoms with E-state index in [0.29, 0.717) is 31.3 Å². The number of carbonyl (C=O) groups excluding carboxylic acids is 2. The number of para-hydroxylation sites is 1. The number of fused-ring (bicyclic) bond motifs is 2. The SMILES string of the molecule is Cc1cc2n(n1)CCN(C(=O)C1CC(=O)N(c3nc4ccccc4s3)C1)C2. The fraction of sp³-hybridized carbons (Fsp3) is 0.368. The maximum absolute atomic E-state index is 13.0. The van der Waals surface area contributed by atoms with Crippen LogP contribution in [0.25, 0.3) is 10.2 Å². The van der Waals surface area contributed by atoms with Gasteiger partial charge in [0.15, 0.2) is 5.13 Å². The number of anilines is 1. The van der Waals surface area contributed by atoms with Gasteiger partial charge in [-0.3, -0.25) is 19.2 Å². The minimum absolute atomic E-state index is 0.0229. The maximum Gasteiger partial charge on any atom is 0.229 e. The van der Waals surface area contributed by atoms with E-state index >= 15 is 0 Å². The summed E-state index contributed by atoms with van der Waals surface area (Å²) in [6.07, 6.45) is 0.254. The molecule has 1 saturated heterocycles. The highest BCUT2D eigenvalue weighted by Gasteiger charge is 2.39. The quantitative estimate of drug-likeness (QED) is 0.682. The standard InChI is InChI=1S/C19H19N5O2S/c1-12-8-14-11-22(6-7-24(14)21-12)18(26)13-9-17(25)23(10-13)19-20-15-4-2-3-5-16(15)27-19/h2-5,8,13H,6-7,9-11H2,1H3. The summed E-state index contributed by atoms with van der Waals surface area (Å²) < 4.78 is 3.02. The van der Waals surface area contributed by atoms with E-state index in [1.807, 2.05) is 46.8 Å². The lowest BCUT2D eigenvalue weighted by Crippen LogP contribution is -2.42. The van der Waals surface area contributed by atoms with Gasteiger partial charge < -0.3 is 4.90 Å². The Labute approximate surface area is 160 Å². The van der Waals surface area contributed by atoms with Gasteiger partial charge in [0.1, 0.15) is 0 Å². The number of aryl methyl sites for hydroxylation is 1. The lowest BCUT2D eigenvalue weighted by molar-refractivity contribution is -0.137. The zero-order valence-electron chi connectivity index (χ0n) is 15.0. The molecule has 8 heteroatoms. The van der Waals surface area contributed by atoms with E-state index in [4.69, 9.17) is 0 Å². The van der Waals surface area contributed by atoms with Gasteiger partial charge in [-0.15, -0.1) is 0 Å². The molecule has 4 heterocycles. The van der Waals surface area contributed by atoms with Crippen molar-refractivity contribution in [1.82, 2.24) is 19.7 Å². The van der Waals surface area contributed by atoms with Crippen LogP contribution in [-0.4, -0.2) is 44.6 Å². The monoisotopic (exact) mass is 381 g/mol. The maximum atomic E-state index is 13.0. The molecule has 1 unspecified atom stereocenters. The lowest BCUT2D eigenvalue weighted by Gasteiger charge is -2.29. The smallest absolute Gasteiger partial charge is 0.229 e. The zero-order chi connectivity index (χ0) is 18.5. The first kappa shape index (κ1) is 16.4. The van der Waals surface area contributed by atoms with Gasteiger partial charge in [0, 0.05) is 19.5 Å². The van der Waals surface area contributed by atoms with Gasteiger partial charge in [-0.1, -0.05) is 23.5 Å². The first-order valence-corrected chi connectivity index (χ1v) is 9.88. The molecule has 1 aromatic carbocycles. The van der Waals surface area contributed by atoms with E-state index < -0.39 is 0 Å².